The minimum absolute atomic E-state index is 0.132. The van der Waals surface area contributed by atoms with Gasteiger partial charge in [0.05, 0.1) is 6.10 Å². The van der Waals surface area contributed by atoms with Crippen molar-refractivity contribution >= 4 is 29.3 Å². The average Bonchev–Trinajstić information content (AvgIpc) is 2.65. The van der Waals surface area contributed by atoms with Crippen LogP contribution in [0.4, 0.5) is 5.69 Å². The van der Waals surface area contributed by atoms with Crippen molar-refractivity contribution in [3.05, 3.63) is 65.7 Å². The van der Waals surface area contributed by atoms with Gasteiger partial charge in [0.2, 0.25) is 5.91 Å². The van der Waals surface area contributed by atoms with E-state index in [1.807, 2.05) is 54.6 Å². The lowest BCUT2D eigenvalue weighted by atomic mass is 10.1. The van der Waals surface area contributed by atoms with Crippen LogP contribution in [0.25, 0.3) is 0 Å². The number of aliphatic hydroxyl groups excluding tert-OH is 1. The molecule has 0 fully saturated rings. The standard InChI is InChI=1S/C20H24N2O3S/c23-18(16-4-2-1-3-5-16)14-21-13-12-15-6-8-17(9-7-15)22-19(24)10-11-20(25)26/h1-9,18,21,23H,10-14H2,(H,22,24)(H,25,26)/t18-/m0/s1. The molecular weight excluding hydrogens is 348 g/mol. The highest BCUT2D eigenvalue weighted by atomic mass is 32.1. The van der Waals surface area contributed by atoms with Gasteiger partial charge in [-0.1, -0.05) is 42.5 Å². The van der Waals surface area contributed by atoms with E-state index in [1.165, 1.54) is 0 Å². The van der Waals surface area contributed by atoms with Gasteiger partial charge < -0.3 is 15.7 Å². The number of hydrogen-bond donors (Lipinski definition) is 4. The minimum atomic E-state index is -0.516. The monoisotopic (exact) mass is 372 g/mol. The molecule has 26 heavy (non-hydrogen) atoms. The van der Waals surface area contributed by atoms with Gasteiger partial charge in [-0.2, -0.15) is 0 Å². The lowest BCUT2D eigenvalue weighted by Gasteiger charge is -2.12. The predicted octanol–water partition coefficient (Wildman–Crippen LogP) is 2.73. The number of thiol groups is 1. The van der Waals surface area contributed by atoms with Crippen LogP contribution in [0.1, 0.15) is 30.1 Å². The highest BCUT2D eigenvalue weighted by Crippen LogP contribution is 2.12. The summed E-state index contributed by atoms with van der Waals surface area (Å²) in [7, 11) is 0. The van der Waals surface area contributed by atoms with Crippen LogP contribution in [0.15, 0.2) is 54.6 Å². The normalized spacial score (nSPS) is 11.8. The summed E-state index contributed by atoms with van der Waals surface area (Å²) in [5.74, 6) is -0.197. The molecule has 0 aliphatic rings. The summed E-state index contributed by atoms with van der Waals surface area (Å²) in [4.78, 5) is 22.4. The number of amides is 1. The SMILES string of the molecule is O=C(S)CCC(=O)Nc1ccc(CCNC[C@H](O)c2ccccc2)cc1. The Morgan fingerprint density at radius 1 is 1.00 bits per heavy atom. The molecule has 2 rings (SSSR count). The van der Waals surface area contributed by atoms with Gasteiger partial charge in [-0.3, -0.25) is 9.59 Å². The van der Waals surface area contributed by atoms with Crippen LogP contribution in [-0.2, 0) is 16.0 Å². The second-order valence-electron chi connectivity index (χ2n) is 6.02. The topological polar surface area (TPSA) is 78.4 Å². The fourth-order valence-electron chi connectivity index (χ4n) is 2.46. The maximum atomic E-state index is 11.7. The van der Waals surface area contributed by atoms with Crippen molar-refractivity contribution in [3.8, 4) is 0 Å². The van der Waals surface area contributed by atoms with Gasteiger partial charge in [0.1, 0.15) is 0 Å². The summed E-state index contributed by atoms with van der Waals surface area (Å²) in [5.41, 5.74) is 2.74. The van der Waals surface area contributed by atoms with Crippen LogP contribution in [0.3, 0.4) is 0 Å². The maximum Gasteiger partial charge on any atom is 0.224 e. The molecule has 0 aliphatic heterocycles. The molecule has 0 aliphatic carbocycles. The molecule has 0 heterocycles. The molecule has 0 aromatic heterocycles. The van der Waals surface area contributed by atoms with Crippen LogP contribution in [0.5, 0.6) is 0 Å². The highest BCUT2D eigenvalue weighted by molar-refractivity contribution is 7.96. The highest BCUT2D eigenvalue weighted by Gasteiger charge is 2.06. The van der Waals surface area contributed by atoms with E-state index < -0.39 is 6.10 Å². The third-order valence-electron chi connectivity index (χ3n) is 3.92. The zero-order valence-corrected chi connectivity index (χ0v) is 15.4. The Hall–Kier alpha value is -2.15. The molecule has 0 spiro atoms. The Morgan fingerprint density at radius 3 is 2.35 bits per heavy atom. The molecule has 6 heteroatoms. The minimum Gasteiger partial charge on any atom is -0.387 e. The van der Waals surface area contributed by atoms with Crippen molar-refractivity contribution in [1.29, 1.82) is 0 Å². The van der Waals surface area contributed by atoms with Gasteiger partial charge in [-0.15, -0.1) is 12.6 Å². The molecule has 1 amide bonds. The van der Waals surface area contributed by atoms with Gasteiger partial charge in [0.15, 0.2) is 5.12 Å². The maximum absolute atomic E-state index is 11.7. The van der Waals surface area contributed by atoms with Crippen LogP contribution in [-0.4, -0.2) is 29.2 Å². The summed E-state index contributed by atoms with van der Waals surface area (Å²) in [6, 6.07) is 17.2. The predicted molar refractivity (Wildman–Crippen MR) is 106 cm³/mol. The summed E-state index contributed by atoms with van der Waals surface area (Å²) in [6.07, 6.45) is 0.577. The molecule has 1 atom stereocenters. The molecule has 3 N–H and O–H groups in total. The second-order valence-corrected chi connectivity index (χ2v) is 6.52. The molecule has 0 radical (unpaired) electrons. The Morgan fingerprint density at radius 2 is 1.69 bits per heavy atom. The number of nitrogens with one attached hydrogen (secondary N) is 2. The Balaban J connectivity index is 1.69. The van der Waals surface area contributed by atoms with Gasteiger partial charge in [-0.25, -0.2) is 0 Å². The summed E-state index contributed by atoms with van der Waals surface area (Å²) < 4.78 is 0. The molecule has 138 valence electrons. The van der Waals surface area contributed by atoms with Crippen molar-refractivity contribution in [2.24, 2.45) is 0 Å². The third kappa shape index (κ3) is 7.39. The smallest absolute Gasteiger partial charge is 0.224 e. The van der Waals surface area contributed by atoms with Crippen LogP contribution in [0, 0.1) is 0 Å². The van der Waals surface area contributed by atoms with Crippen molar-refractivity contribution in [2.45, 2.75) is 25.4 Å². The number of rotatable bonds is 10. The van der Waals surface area contributed by atoms with Gasteiger partial charge in [-0.05, 0) is 36.2 Å². The number of benzene rings is 2. The van der Waals surface area contributed by atoms with Crippen molar-refractivity contribution in [3.63, 3.8) is 0 Å². The fraction of sp³-hybridized carbons (Fsp3) is 0.300. The molecule has 0 saturated heterocycles. The van der Waals surface area contributed by atoms with Gasteiger partial charge in [0.25, 0.3) is 0 Å². The number of anilines is 1. The number of carbonyl (C=O) groups excluding carboxylic acids is 2. The van der Waals surface area contributed by atoms with Crippen molar-refractivity contribution in [2.75, 3.05) is 18.4 Å². The van der Waals surface area contributed by atoms with Crippen LogP contribution < -0.4 is 10.6 Å². The molecule has 2 aromatic rings. The van der Waals surface area contributed by atoms with E-state index >= 15 is 0 Å². The first kappa shape index (κ1) is 20.2. The lowest BCUT2D eigenvalue weighted by molar-refractivity contribution is -0.119. The van der Waals surface area contributed by atoms with E-state index in [2.05, 4.69) is 23.3 Å². The third-order valence-corrected chi connectivity index (χ3v) is 4.14. The quantitative estimate of drug-likeness (QED) is 0.382. The van der Waals surface area contributed by atoms with E-state index in [9.17, 15) is 14.7 Å². The molecule has 2 aromatic carbocycles. The first-order valence-corrected chi connectivity index (χ1v) is 9.03. The van der Waals surface area contributed by atoms with E-state index in [1.54, 1.807) is 0 Å². The molecular formula is C20H24N2O3S. The second kappa shape index (κ2) is 10.8. The Labute approximate surface area is 159 Å². The zero-order valence-electron chi connectivity index (χ0n) is 14.5. The lowest BCUT2D eigenvalue weighted by Crippen LogP contribution is -2.23. The van der Waals surface area contributed by atoms with E-state index in [-0.39, 0.29) is 23.9 Å². The van der Waals surface area contributed by atoms with Crippen molar-refractivity contribution in [1.82, 2.24) is 5.32 Å². The van der Waals surface area contributed by atoms with E-state index in [4.69, 9.17) is 0 Å². The summed E-state index contributed by atoms with van der Waals surface area (Å²) in [6.45, 7) is 1.25. The first-order valence-electron chi connectivity index (χ1n) is 8.59. The van der Waals surface area contributed by atoms with Crippen molar-refractivity contribution < 1.29 is 14.7 Å². The number of carbonyl (C=O) groups is 2. The Kier molecular flexibility index (Phi) is 8.34. The molecule has 5 nitrogen and oxygen atoms in total. The summed E-state index contributed by atoms with van der Waals surface area (Å²) in [5, 5.41) is 15.8. The van der Waals surface area contributed by atoms with E-state index in [0.717, 1.165) is 24.1 Å². The number of hydrogen-bond acceptors (Lipinski definition) is 4. The van der Waals surface area contributed by atoms with Crippen LogP contribution >= 0.6 is 12.6 Å². The molecule has 0 unspecified atom stereocenters. The van der Waals surface area contributed by atoms with Crippen LogP contribution in [0.2, 0.25) is 0 Å². The van der Waals surface area contributed by atoms with Gasteiger partial charge in [0, 0.05) is 25.1 Å². The van der Waals surface area contributed by atoms with Gasteiger partial charge >= 0.3 is 0 Å². The zero-order chi connectivity index (χ0) is 18.8. The average molecular weight is 372 g/mol. The van der Waals surface area contributed by atoms with E-state index in [0.29, 0.717) is 12.2 Å². The fourth-order valence-corrected chi connectivity index (χ4v) is 2.58. The Bertz CT molecular complexity index is 705. The molecule has 0 saturated carbocycles. The largest absolute Gasteiger partial charge is 0.387 e. The molecule has 0 bridgehead atoms. The number of aliphatic hydroxyl groups is 1. The summed E-state index contributed by atoms with van der Waals surface area (Å²) >= 11 is 3.65. The first-order chi connectivity index (χ1) is 12.5.